The number of rotatable bonds is 8. The van der Waals surface area contributed by atoms with Crippen LogP contribution in [0.25, 0.3) is 16.7 Å². The first-order valence-electron chi connectivity index (χ1n) is 10.7. The van der Waals surface area contributed by atoms with Crippen LogP contribution in [0.5, 0.6) is 5.88 Å². The molecule has 2 amide bonds. The summed E-state index contributed by atoms with van der Waals surface area (Å²) in [5.74, 6) is 0.238. The summed E-state index contributed by atoms with van der Waals surface area (Å²) in [7, 11) is 1.44. The van der Waals surface area contributed by atoms with E-state index in [1.165, 1.54) is 17.9 Å². The molecule has 0 aliphatic rings. The number of aromatic amines is 1. The molecule has 10 nitrogen and oxygen atoms in total. The van der Waals surface area contributed by atoms with Crippen LogP contribution in [0, 0.1) is 0 Å². The number of pyridine rings is 1. The molecular weight excluding hydrogens is 570 g/mol. The number of anilines is 1. The van der Waals surface area contributed by atoms with Gasteiger partial charge in [-0.1, -0.05) is 11.6 Å². The molecule has 4 aromatic rings. The van der Waals surface area contributed by atoms with E-state index in [0.717, 1.165) is 0 Å². The molecule has 0 atom stereocenters. The van der Waals surface area contributed by atoms with E-state index < -0.39 is 11.4 Å². The Morgan fingerprint density at radius 3 is 2.78 bits per heavy atom. The first-order valence-corrected chi connectivity index (χ1v) is 13.2. The fourth-order valence-corrected chi connectivity index (χ4v) is 5.21. The molecule has 0 aliphatic heterocycles. The van der Waals surface area contributed by atoms with Crippen molar-refractivity contribution in [2.24, 2.45) is 0 Å². The van der Waals surface area contributed by atoms with Crippen molar-refractivity contribution >= 4 is 67.7 Å². The van der Waals surface area contributed by atoms with Crippen molar-refractivity contribution in [3.63, 3.8) is 0 Å². The maximum Gasteiger partial charge on any atom is 0.274 e. The molecule has 3 aromatic heterocycles. The average molecular weight is 593 g/mol. The first kappa shape index (κ1) is 26.0. The van der Waals surface area contributed by atoms with Crippen LogP contribution in [0.15, 0.2) is 41.1 Å². The molecule has 3 N–H and O–H groups in total. The Kier molecular flexibility index (Phi) is 7.57. The highest BCUT2D eigenvalue weighted by atomic mass is 79.9. The third kappa shape index (κ3) is 5.20. The summed E-state index contributed by atoms with van der Waals surface area (Å²) in [6, 6.07) is 6.55. The Labute approximate surface area is 224 Å². The molecule has 0 radical (unpaired) electrons. The largest absolute Gasteiger partial charge is 0.480 e. The number of nitrogens with zero attached hydrogens (tertiary/aromatic N) is 4. The van der Waals surface area contributed by atoms with E-state index in [1.54, 1.807) is 42.4 Å². The lowest BCUT2D eigenvalue weighted by Gasteiger charge is -2.26. The number of halogens is 2. The lowest BCUT2D eigenvalue weighted by atomic mass is 10.0. The molecule has 0 saturated heterocycles. The Balaban J connectivity index is 1.79. The monoisotopic (exact) mass is 591 g/mol. The van der Waals surface area contributed by atoms with E-state index in [2.05, 4.69) is 46.8 Å². The highest BCUT2D eigenvalue weighted by molar-refractivity contribution is 9.10. The number of aromatic nitrogens is 5. The van der Waals surface area contributed by atoms with Gasteiger partial charge in [-0.05, 0) is 54.2 Å². The number of hydrogen-bond acceptors (Lipinski definition) is 7. The molecule has 4 rings (SSSR count). The molecule has 0 bridgehead atoms. The first-order chi connectivity index (χ1) is 17.1. The smallest absolute Gasteiger partial charge is 0.274 e. The van der Waals surface area contributed by atoms with Crippen molar-refractivity contribution in [3.8, 4) is 11.7 Å². The number of benzene rings is 1. The van der Waals surface area contributed by atoms with Crippen LogP contribution in [0.4, 0.5) is 5.69 Å². The number of fused-ring (bicyclic) bond motifs is 1. The van der Waals surface area contributed by atoms with Crippen LogP contribution in [-0.4, -0.2) is 61.4 Å². The topological polar surface area (TPSA) is 127 Å². The number of hydrogen-bond donors (Lipinski definition) is 3. The Morgan fingerprint density at radius 2 is 2.08 bits per heavy atom. The normalized spacial score (nSPS) is 11.5. The highest BCUT2D eigenvalue weighted by Crippen LogP contribution is 2.34. The number of methoxy groups -OCH3 is 1. The van der Waals surface area contributed by atoms with Crippen molar-refractivity contribution in [3.05, 3.63) is 57.4 Å². The van der Waals surface area contributed by atoms with Gasteiger partial charge in [0.25, 0.3) is 11.8 Å². The Hall–Kier alpha value is -3.09. The fourth-order valence-electron chi connectivity index (χ4n) is 3.67. The van der Waals surface area contributed by atoms with E-state index in [0.29, 0.717) is 26.2 Å². The number of nitrogens with one attached hydrogen (secondary N) is 3. The predicted octanol–water partition coefficient (Wildman–Crippen LogP) is 4.69. The maximum absolute atomic E-state index is 13.6. The summed E-state index contributed by atoms with van der Waals surface area (Å²) in [4.78, 5) is 31.3. The fraction of sp³-hybridized carbons (Fsp3) is 0.261. The lowest BCUT2D eigenvalue weighted by molar-refractivity contribution is 0.0923. The molecule has 188 valence electrons. The summed E-state index contributed by atoms with van der Waals surface area (Å²) in [5, 5.41) is 18.2. The van der Waals surface area contributed by atoms with Gasteiger partial charge in [0.15, 0.2) is 5.82 Å². The van der Waals surface area contributed by atoms with E-state index in [-0.39, 0.29) is 34.5 Å². The third-order valence-electron chi connectivity index (χ3n) is 5.18. The van der Waals surface area contributed by atoms with Gasteiger partial charge in [0.1, 0.15) is 5.69 Å². The molecule has 0 saturated carbocycles. The van der Waals surface area contributed by atoms with Gasteiger partial charge in [-0.15, -0.1) is 5.10 Å². The number of carbonyl (C=O) groups excluding carboxylic acids is 2. The minimum Gasteiger partial charge on any atom is -0.480 e. The zero-order chi connectivity index (χ0) is 26.0. The summed E-state index contributed by atoms with van der Waals surface area (Å²) >= 11 is 11.4. The Morgan fingerprint density at radius 1 is 1.31 bits per heavy atom. The molecule has 1 aromatic carbocycles. The van der Waals surface area contributed by atoms with Crippen LogP contribution in [-0.2, 0) is 0 Å². The quantitative estimate of drug-likeness (QED) is 0.271. The zero-order valence-electron chi connectivity index (χ0n) is 19.8. The second-order valence-electron chi connectivity index (χ2n) is 8.46. The van der Waals surface area contributed by atoms with E-state index in [4.69, 9.17) is 16.3 Å². The van der Waals surface area contributed by atoms with Crippen LogP contribution in [0.2, 0.25) is 5.02 Å². The molecule has 0 unspecified atom stereocenters. The summed E-state index contributed by atoms with van der Waals surface area (Å²) < 4.78 is 7.03. The Bertz CT molecular complexity index is 1450. The van der Waals surface area contributed by atoms with Crippen LogP contribution in [0.3, 0.4) is 0 Å². The van der Waals surface area contributed by atoms with Crippen molar-refractivity contribution in [2.45, 2.75) is 19.4 Å². The lowest BCUT2D eigenvalue weighted by Crippen LogP contribution is -2.45. The van der Waals surface area contributed by atoms with Crippen LogP contribution in [0.1, 0.15) is 34.7 Å². The van der Waals surface area contributed by atoms with Gasteiger partial charge in [-0.3, -0.25) is 14.7 Å². The third-order valence-corrected chi connectivity index (χ3v) is 7.11. The van der Waals surface area contributed by atoms with Gasteiger partial charge in [0.05, 0.1) is 35.1 Å². The molecule has 13 heteroatoms. The number of amides is 2. The second kappa shape index (κ2) is 10.5. The van der Waals surface area contributed by atoms with E-state index in [9.17, 15) is 9.59 Å². The second-order valence-corrected chi connectivity index (χ2v) is 10.6. The van der Waals surface area contributed by atoms with Crippen LogP contribution >= 0.6 is 39.3 Å². The minimum atomic E-state index is -0.551. The molecule has 0 fully saturated rings. The van der Waals surface area contributed by atoms with Crippen molar-refractivity contribution in [2.75, 3.05) is 24.4 Å². The van der Waals surface area contributed by atoms with Crippen LogP contribution < -0.4 is 15.4 Å². The molecular formula is C23H23BrClN7O3S. The molecule has 36 heavy (non-hydrogen) atoms. The van der Waals surface area contributed by atoms with Crippen molar-refractivity contribution < 1.29 is 14.3 Å². The summed E-state index contributed by atoms with van der Waals surface area (Å²) in [6.45, 7) is 3.87. The SMILES string of the molecule is COc1cc(C(=O)Nc2c(Br)cc3cn[nH]c3c2C(=O)NC(C)(C)CSC)n(-c2ncccc2Cl)n1. The zero-order valence-corrected chi connectivity index (χ0v) is 23.0. The van der Waals surface area contributed by atoms with E-state index >= 15 is 0 Å². The van der Waals surface area contributed by atoms with Gasteiger partial charge in [0, 0.05) is 33.4 Å². The molecule has 3 heterocycles. The van der Waals surface area contributed by atoms with Gasteiger partial charge < -0.3 is 15.4 Å². The number of H-pyrrole nitrogens is 1. The maximum atomic E-state index is 13.6. The summed E-state index contributed by atoms with van der Waals surface area (Å²) in [6.07, 6.45) is 5.12. The van der Waals surface area contributed by atoms with E-state index in [1.807, 2.05) is 20.1 Å². The van der Waals surface area contributed by atoms with Crippen molar-refractivity contribution in [1.29, 1.82) is 0 Å². The number of thioether (sulfide) groups is 1. The molecule has 0 spiro atoms. The van der Waals surface area contributed by atoms with Gasteiger partial charge >= 0.3 is 0 Å². The minimum absolute atomic E-state index is 0.109. The summed E-state index contributed by atoms with van der Waals surface area (Å²) in [5.41, 5.74) is 0.623. The number of carbonyl (C=O) groups is 2. The highest BCUT2D eigenvalue weighted by Gasteiger charge is 2.28. The van der Waals surface area contributed by atoms with Gasteiger partial charge in [-0.2, -0.15) is 16.9 Å². The number of ether oxygens (including phenoxy) is 1. The van der Waals surface area contributed by atoms with Gasteiger partial charge in [0.2, 0.25) is 5.88 Å². The van der Waals surface area contributed by atoms with Crippen molar-refractivity contribution in [1.82, 2.24) is 30.3 Å². The average Bonchev–Trinajstić information content (AvgIpc) is 3.46. The predicted molar refractivity (Wildman–Crippen MR) is 145 cm³/mol. The molecule has 0 aliphatic carbocycles. The standard InChI is InChI=1S/C23H23BrClN7O3S/c1-23(2,11-36-4)29-22(34)17-18-12(10-27-30-18)8-13(24)19(17)28-21(33)15-9-16(35-3)31-32(15)20-14(25)6-5-7-26-20/h5-10H,11H2,1-4H3,(H,27,30)(H,28,33)(H,29,34). The van der Waals surface area contributed by atoms with Gasteiger partial charge in [-0.25, -0.2) is 9.67 Å².